The molecule has 2 atom stereocenters. The lowest BCUT2D eigenvalue weighted by atomic mass is 10.1. The SMILES string of the molecule is O=C1CC(NCC2CCCO2)C(=O)N1C1CCCCCC1. The van der Waals surface area contributed by atoms with Crippen LogP contribution in [0.2, 0.25) is 0 Å². The average Bonchev–Trinajstić information content (AvgIpc) is 2.98. The summed E-state index contributed by atoms with van der Waals surface area (Å²) >= 11 is 0. The number of amides is 2. The zero-order chi connectivity index (χ0) is 14.7. The van der Waals surface area contributed by atoms with Crippen molar-refractivity contribution in [2.24, 2.45) is 0 Å². The molecule has 2 unspecified atom stereocenters. The second kappa shape index (κ2) is 6.88. The molecule has 1 saturated carbocycles. The maximum absolute atomic E-state index is 12.5. The summed E-state index contributed by atoms with van der Waals surface area (Å²) in [6, 6.07) is -0.188. The molecule has 3 fully saturated rings. The molecule has 0 bridgehead atoms. The van der Waals surface area contributed by atoms with E-state index in [1.165, 1.54) is 12.8 Å². The fourth-order valence-corrected chi connectivity index (χ4v) is 3.79. The first-order chi connectivity index (χ1) is 10.3. The van der Waals surface area contributed by atoms with Crippen molar-refractivity contribution in [1.29, 1.82) is 0 Å². The molecule has 5 heteroatoms. The van der Waals surface area contributed by atoms with E-state index in [9.17, 15) is 9.59 Å². The molecule has 2 saturated heterocycles. The Morgan fingerprint density at radius 3 is 2.48 bits per heavy atom. The van der Waals surface area contributed by atoms with Crippen LogP contribution in [0.4, 0.5) is 0 Å². The van der Waals surface area contributed by atoms with Crippen LogP contribution in [0.3, 0.4) is 0 Å². The third-order valence-electron chi connectivity index (χ3n) is 4.99. The molecule has 2 amide bonds. The third-order valence-corrected chi connectivity index (χ3v) is 4.99. The van der Waals surface area contributed by atoms with Gasteiger partial charge < -0.3 is 10.1 Å². The fourth-order valence-electron chi connectivity index (χ4n) is 3.79. The Balaban J connectivity index is 1.55. The molecule has 1 N–H and O–H groups in total. The van der Waals surface area contributed by atoms with Gasteiger partial charge in [0.05, 0.1) is 18.6 Å². The van der Waals surface area contributed by atoms with Crippen LogP contribution in [0.25, 0.3) is 0 Å². The van der Waals surface area contributed by atoms with Gasteiger partial charge in [0.2, 0.25) is 11.8 Å². The van der Waals surface area contributed by atoms with Crippen LogP contribution in [-0.2, 0) is 14.3 Å². The second-order valence-electron chi connectivity index (χ2n) is 6.55. The molecule has 118 valence electrons. The average molecular weight is 294 g/mol. The summed E-state index contributed by atoms with van der Waals surface area (Å²) in [5, 5.41) is 3.25. The largest absolute Gasteiger partial charge is 0.377 e. The van der Waals surface area contributed by atoms with E-state index in [-0.39, 0.29) is 30.0 Å². The molecule has 0 spiro atoms. The maximum atomic E-state index is 12.5. The van der Waals surface area contributed by atoms with Crippen molar-refractivity contribution >= 4 is 11.8 Å². The lowest BCUT2D eigenvalue weighted by molar-refractivity contribution is -0.141. The molecular formula is C16H26N2O3. The number of hydrogen-bond acceptors (Lipinski definition) is 4. The Morgan fingerprint density at radius 1 is 1.05 bits per heavy atom. The first-order valence-electron chi connectivity index (χ1n) is 8.46. The van der Waals surface area contributed by atoms with Gasteiger partial charge in [-0.3, -0.25) is 14.5 Å². The number of nitrogens with zero attached hydrogens (tertiary/aromatic N) is 1. The summed E-state index contributed by atoms with van der Waals surface area (Å²) < 4.78 is 5.56. The smallest absolute Gasteiger partial charge is 0.247 e. The molecule has 2 aliphatic heterocycles. The van der Waals surface area contributed by atoms with E-state index in [1.807, 2.05) is 0 Å². The monoisotopic (exact) mass is 294 g/mol. The normalized spacial score (nSPS) is 31.9. The quantitative estimate of drug-likeness (QED) is 0.632. The lowest BCUT2D eigenvalue weighted by Crippen LogP contribution is -2.45. The number of likely N-dealkylation sites (tertiary alicyclic amines) is 1. The Kier molecular flexibility index (Phi) is 4.91. The van der Waals surface area contributed by atoms with Crippen molar-refractivity contribution in [1.82, 2.24) is 10.2 Å². The molecule has 2 heterocycles. The predicted octanol–water partition coefficient (Wildman–Crippen LogP) is 1.61. The van der Waals surface area contributed by atoms with Gasteiger partial charge in [-0.15, -0.1) is 0 Å². The van der Waals surface area contributed by atoms with Crippen LogP contribution in [0.5, 0.6) is 0 Å². The Hall–Kier alpha value is -0.940. The Bertz CT molecular complexity index is 385. The van der Waals surface area contributed by atoms with Crippen LogP contribution in [0.15, 0.2) is 0 Å². The van der Waals surface area contributed by atoms with Gasteiger partial charge in [0.15, 0.2) is 0 Å². The van der Waals surface area contributed by atoms with Gasteiger partial charge in [-0.25, -0.2) is 0 Å². The minimum Gasteiger partial charge on any atom is -0.377 e. The Labute approximate surface area is 126 Å². The third kappa shape index (κ3) is 3.46. The van der Waals surface area contributed by atoms with Gasteiger partial charge >= 0.3 is 0 Å². The van der Waals surface area contributed by atoms with Crippen molar-refractivity contribution < 1.29 is 14.3 Å². The molecule has 3 rings (SSSR count). The standard InChI is InChI=1S/C16H26N2O3/c19-15-10-14(17-11-13-8-5-9-21-13)16(20)18(15)12-6-3-1-2-4-7-12/h12-14,17H,1-11H2. The van der Waals surface area contributed by atoms with Crippen LogP contribution in [0.1, 0.15) is 57.8 Å². The highest BCUT2D eigenvalue weighted by Gasteiger charge is 2.42. The molecule has 0 radical (unpaired) electrons. The van der Waals surface area contributed by atoms with E-state index in [0.29, 0.717) is 13.0 Å². The van der Waals surface area contributed by atoms with E-state index in [0.717, 1.165) is 45.1 Å². The maximum Gasteiger partial charge on any atom is 0.247 e. The highest BCUT2D eigenvalue weighted by Crippen LogP contribution is 2.26. The molecule has 3 aliphatic rings. The summed E-state index contributed by atoms with van der Waals surface area (Å²) in [6.07, 6.45) is 9.37. The fraction of sp³-hybridized carbons (Fsp3) is 0.875. The zero-order valence-corrected chi connectivity index (χ0v) is 12.7. The van der Waals surface area contributed by atoms with Gasteiger partial charge in [0.25, 0.3) is 0 Å². The number of carbonyl (C=O) groups is 2. The van der Waals surface area contributed by atoms with Crippen LogP contribution >= 0.6 is 0 Å². The van der Waals surface area contributed by atoms with Crippen molar-refractivity contribution in [3.05, 3.63) is 0 Å². The summed E-state index contributed by atoms with van der Waals surface area (Å²) in [7, 11) is 0. The number of rotatable bonds is 4. The highest BCUT2D eigenvalue weighted by atomic mass is 16.5. The van der Waals surface area contributed by atoms with Crippen LogP contribution in [0, 0.1) is 0 Å². The van der Waals surface area contributed by atoms with Gasteiger partial charge in [0.1, 0.15) is 0 Å². The summed E-state index contributed by atoms with van der Waals surface area (Å²) in [5.41, 5.74) is 0. The topological polar surface area (TPSA) is 58.6 Å². The number of hydrogen-bond donors (Lipinski definition) is 1. The summed E-state index contributed by atoms with van der Waals surface area (Å²) in [6.45, 7) is 1.50. The van der Waals surface area contributed by atoms with E-state index < -0.39 is 0 Å². The number of imide groups is 1. The second-order valence-corrected chi connectivity index (χ2v) is 6.55. The van der Waals surface area contributed by atoms with Gasteiger partial charge in [0, 0.05) is 19.2 Å². The molecule has 0 aromatic carbocycles. The van der Waals surface area contributed by atoms with Crippen LogP contribution in [-0.4, -0.2) is 48.1 Å². The van der Waals surface area contributed by atoms with E-state index in [2.05, 4.69) is 5.32 Å². The minimum atomic E-state index is -0.329. The zero-order valence-electron chi connectivity index (χ0n) is 12.7. The first kappa shape index (κ1) is 15.0. The van der Waals surface area contributed by atoms with E-state index >= 15 is 0 Å². The van der Waals surface area contributed by atoms with E-state index in [4.69, 9.17) is 4.74 Å². The molecular weight excluding hydrogens is 268 g/mol. The van der Waals surface area contributed by atoms with Gasteiger partial charge in [-0.05, 0) is 25.7 Å². The van der Waals surface area contributed by atoms with Crippen molar-refractivity contribution in [3.63, 3.8) is 0 Å². The molecule has 0 aromatic heterocycles. The number of carbonyl (C=O) groups excluding carboxylic acids is 2. The van der Waals surface area contributed by atoms with Gasteiger partial charge in [-0.1, -0.05) is 25.7 Å². The molecule has 5 nitrogen and oxygen atoms in total. The first-order valence-corrected chi connectivity index (χ1v) is 8.46. The van der Waals surface area contributed by atoms with Gasteiger partial charge in [-0.2, -0.15) is 0 Å². The summed E-state index contributed by atoms with van der Waals surface area (Å²) in [4.78, 5) is 26.3. The van der Waals surface area contributed by atoms with Crippen molar-refractivity contribution in [2.75, 3.05) is 13.2 Å². The number of ether oxygens (including phenoxy) is 1. The Morgan fingerprint density at radius 2 is 1.81 bits per heavy atom. The number of nitrogens with one attached hydrogen (secondary N) is 1. The molecule has 21 heavy (non-hydrogen) atoms. The predicted molar refractivity (Wildman–Crippen MR) is 78.7 cm³/mol. The summed E-state index contributed by atoms with van der Waals surface area (Å²) in [5.74, 6) is 0.00152. The van der Waals surface area contributed by atoms with Crippen molar-refractivity contribution in [2.45, 2.75) is 76.0 Å². The highest BCUT2D eigenvalue weighted by molar-refractivity contribution is 6.05. The lowest BCUT2D eigenvalue weighted by Gasteiger charge is -2.25. The van der Waals surface area contributed by atoms with Crippen LogP contribution < -0.4 is 5.32 Å². The van der Waals surface area contributed by atoms with Crippen molar-refractivity contribution in [3.8, 4) is 0 Å². The molecule has 0 aromatic rings. The minimum absolute atomic E-state index is 0.00935. The molecule has 1 aliphatic carbocycles. The van der Waals surface area contributed by atoms with E-state index in [1.54, 1.807) is 4.90 Å².